The Morgan fingerprint density at radius 3 is 2.91 bits per heavy atom. The first-order valence-electron chi connectivity index (χ1n) is 7.65. The van der Waals surface area contributed by atoms with Crippen molar-refractivity contribution in [2.24, 2.45) is 10.9 Å². The number of para-hydroxylation sites is 2. The van der Waals surface area contributed by atoms with Crippen LogP contribution in [0.5, 0.6) is 0 Å². The second-order valence-corrected chi connectivity index (χ2v) is 5.74. The molecule has 0 spiro atoms. The number of aryl methyl sites for hydroxylation is 1. The highest BCUT2D eigenvalue weighted by atomic mass is 127. The topological polar surface area (TPSA) is 54.2 Å². The molecule has 1 fully saturated rings. The van der Waals surface area contributed by atoms with Crippen molar-refractivity contribution < 1.29 is 0 Å². The van der Waals surface area contributed by atoms with Crippen LogP contribution in [0.3, 0.4) is 0 Å². The molecule has 2 unspecified atom stereocenters. The summed E-state index contributed by atoms with van der Waals surface area (Å²) in [5, 5.41) is 6.81. The van der Waals surface area contributed by atoms with Crippen molar-refractivity contribution in [2.45, 2.75) is 32.4 Å². The fourth-order valence-corrected chi connectivity index (χ4v) is 2.54. The number of hydrogen-bond donors (Lipinski definition) is 2. The summed E-state index contributed by atoms with van der Waals surface area (Å²) in [5.41, 5.74) is 2.26. The number of imidazole rings is 1. The van der Waals surface area contributed by atoms with Crippen molar-refractivity contribution in [3.63, 3.8) is 0 Å². The Labute approximate surface area is 148 Å². The maximum Gasteiger partial charge on any atom is 0.191 e. The maximum atomic E-state index is 4.41. The Morgan fingerprint density at radius 1 is 1.41 bits per heavy atom. The largest absolute Gasteiger partial charge is 0.356 e. The van der Waals surface area contributed by atoms with Crippen LogP contribution in [0.1, 0.15) is 19.8 Å². The van der Waals surface area contributed by atoms with Crippen LogP contribution >= 0.6 is 24.0 Å². The average Bonchev–Trinajstić information content (AvgIpc) is 3.05. The third-order valence-electron chi connectivity index (χ3n) is 4.05. The summed E-state index contributed by atoms with van der Waals surface area (Å²) in [6, 6.07) is 8.85. The van der Waals surface area contributed by atoms with Gasteiger partial charge in [-0.2, -0.15) is 0 Å². The van der Waals surface area contributed by atoms with Gasteiger partial charge >= 0.3 is 0 Å². The first kappa shape index (κ1) is 17.1. The zero-order valence-corrected chi connectivity index (χ0v) is 15.5. The van der Waals surface area contributed by atoms with Gasteiger partial charge in [0.25, 0.3) is 0 Å². The molecule has 1 aromatic heterocycles. The number of aliphatic imine (C=N–C) groups is 1. The molecule has 1 aliphatic carbocycles. The lowest BCUT2D eigenvalue weighted by atomic mass is 10.3. The minimum atomic E-state index is 0. The molecule has 0 radical (unpaired) electrons. The molecular weight excluding hydrogens is 389 g/mol. The van der Waals surface area contributed by atoms with Crippen molar-refractivity contribution in [2.75, 3.05) is 13.6 Å². The number of rotatable bonds is 5. The highest BCUT2D eigenvalue weighted by molar-refractivity contribution is 14.0. The lowest BCUT2D eigenvalue weighted by Crippen LogP contribution is -2.39. The van der Waals surface area contributed by atoms with E-state index in [9.17, 15) is 0 Å². The standard InChI is InChI=1S/C16H23N5.HI/c1-12-10-14(12)20-16(17-2)18-8-5-9-21-11-19-13-6-3-4-7-15(13)21;/h3-4,6-7,11-12,14H,5,8-10H2,1-2H3,(H2,17,18,20);1H. The summed E-state index contributed by atoms with van der Waals surface area (Å²) in [5.74, 6) is 1.70. The first-order valence-corrected chi connectivity index (χ1v) is 7.65. The number of nitrogens with one attached hydrogen (secondary N) is 2. The van der Waals surface area contributed by atoms with Crippen LogP contribution in [0, 0.1) is 5.92 Å². The van der Waals surface area contributed by atoms with Crippen LogP contribution in [0.2, 0.25) is 0 Å². The molecule has 2 N–H and O–H groups in total. The minimum Gasteiger partial charge on any atom is -0.356 e. The number of benzene rings is 1. The molecule has 1 saturated carbocycles. The van der Waals surface area contributed by atoms with Gasteiger partial charge in [-0.15, -0.1) is 24.0 Å². The predicted molar refractivity (Wildman–Crippen MR) is 102 cm³/mol. The lowest BCUT2D eigenvalue weighted by Gasteiger charge is -2.11. The Morgan fingerprint density at radius 2 is 2.18 bits per heavy atom. The number of halogens is 1. The van der Waals surface area contributed by atoms with Crippen molar-refractivity contribution in [1.29, 1.82) is 0 Å². The molecule has 3 rings (SSSR count). The van der Waals surface area contributed by atoms with Crippen molar-refractivity contribution in [3.8, 4) is 0 Å². The normalized spacial score (nSPS) is 20.5. The Hall–Kier alpha value is -1.31. The molecule has 0 bridgehead atoms. The van der Waals surface area contributed by atoms with Gasteiger partial charge in [0.2, 0.25) is 0 Å². The molecule has 6 heteroatoms. The van der Waals surface area contributed by atoms with Crippen molar-refractivity contribution >= 4 is 41.0 Å². The molecule has 0 aliphatic heterocycles. The molecular formula is C16H24IN5. The van der Waals surface area contributed by atoms with Gasteiger partial charge in [0, 0.05) is 26.2 Å². The van der Waals surface area contributed by atoms with E-state index < -0.39 is 0 Å². The van der Waals surface area contributed by atoms with Gasteiger partial charge in [-0.05, 0) is 30.9 Å². The highest BCUT2D eigenvalue weighted by Gasteiger charge is 2.33. The second kappa shape index (κ2) is 7.80. The van der Waals surface area contributed by atoms with Gasteiger partial charge in [0.1, 0.15) is 0 Å². The fourth-order valence-electron chi connectivity index (χ4n) is 2.54. The zero-order valence-electron chi connectivity index (χ0n) is 13.1. The zero-order chi connectivity index (χ0) is 14.7. The molecule has 1 aromatic carbocycles. The van der Waals surface area contributed by atoms with Crippen LogP contribution in [0.15, 0.2) is 35.6 Å². The van der Waals surface area contributed by atoms with Gasteiger partial charge in [0.05, 0.1) is 17.4 Å². The predicted octanol–water partition coefficient (Wildman–Crippen LogP) is 2.62. The van der Waals surface area contributed by atoms with E-state index in [-0.39, 0.29) is 24.0 Å². The molecule has 0 saturated heterocycles. The third kappa shape index (κ3) is 4.12. The van der Waals surface area contributed by atoms with Crippen LogP contribution in [-0.2, 0) is 6.54 Å². The Kier molecular flexibility index (Phi) is 6.05. The SMILES string of the molecule is CN=C(NCCCn1cnc2ccccc21)NC1CC1C.I. The van der Waals surface area contributed by atoms with Crippen LogP contribution in [0.4, 0.5) is 0 Å². The summed E-state index contributed by atoms with van der Waals surface area (Å²) < 4.78 is 2.20. The van der Waals surface area contributed by atoms with E-state index in [4.69, 9.17) is 0 Å². The highest BCUT2D eigenvalue weighted by Crippen LogP contribution is 2.28. The van der Waals surface area contributed by atoms with Crippen molar-refractivity contribution in [1.82, 2.24) is 20.2 Å². The Bertz CT molecular complexity index is 636. The average molecular weight is 413 g/mol. The summed E-state index contributed by atoms with van der Waals surface area (Å²) in [6.07, 6.45) is 4.21. The number of aromatic nitrogens is 2. The summed E-state index contributed by atoms with van der Waals surface area (Å²) in [7, 11) is 1.83. The maximum absolute atomic E-state index is 4.41. The fraction of sp³-hybridized carbons (Fsp3) is 0.500. The van der Waals surface area contributed by atoms with E-state index in [1.807, 2.05) is 25.5 Å². The smallest absolute Gasteiger partial charge is 0.191 e. The molecule has 2 aromatic rings. The minimum absolute atomic E-state index is 0. The number of hydrogen-bond acceptors (Lipinski definition) is 2. The van der Waals surface area contributed by atoms with Gasteiger partial charge in [-0.3, -0.25) is 4.99 Å². The van der Waals surface area contributed by atoms with E-state index in [1.54, 1.807) is 0 Å². The second-order valence-electron chi connectivity index (χ2n) is 5.74. The van der Waals surface area contributed by atoms with Crippen molar-refractivity contribution in [3.05, 3.63) is 30.6 Å². The van der Waals surface area contributed by atoms with Gasteiger partial charge < -0.3 is 15.2 Å². The quantitative estimate of drug-likeness (QED) is 0.343. The van der Waals surface area contributed by atoms with Gasteiger partial charge in [-0.25, -0.2) is 4.98 Å². The monoisotopic (exact) mass is 413 g/mol. The summed E-state index contributed by atoms with van der Waals surface area (Å²) in [4.78, 5) is 8.67. The number of fused-ring (bicyclic) bond motifs is 1. The Balaban J connectivity index is 0.00000176. The summed E-state index contributed by atoms with van der Waals surface area (Å²) >= 11 is 0. The van der Waals surface area contributed by atoms with Crippen LogP contribution in [-0.4, -0.2) is 35.1 Å². The van der Waals surface area contributed by atoms with E-state index in [1.165, 1.54) is 11.9 Å². The first-order chi connectivity index (χ1) is 10.3. The van der Waals surface area contributed by atoms with E-state index in [0.29, 0.717) is 6.04 Å². The molecule has 0 amide bonds. The van der Waals surface area contributed by atoms with Gasteiger partial charge in [-0.1, -0.05) is 19.1 Å². The molecule has 1 aliphatic rings. The molecule has 2 atom stereocenters. The summed E-state index contributed by atoms with van der Waals surface area (Å²) in [6.45, 7) is 4.13. The number of nitrogens with zero attached hydrogens (tertiary/aromatic N) is 3. The molecule has 1 heterocycles. The van der Waals surface area contributed by atoms with E-state index in [0.717, 1.165) is 36.9 Å². The molecule has 22 heavy (non-hydrogen) atoms. The molecule has 5 nitrogen and oxygen atoms in total. The van der Waals surface area contributed by atoms with Crippen LogP contribution < -0.4 is 10.6 Å². The van der Waals surface area contributed by atoms with Gasteiger partial charge in [0.15, 0.2) is 5.96 Å². The van der Waals surface area contributed by atoms with E-state index in [2.05, 4.69) is 44.2 Å². The third-order valence-corrected chi connectivity index (χ3v) is 4.05. The lowest BCUT2D eigenvalue weighted by molar-refractivity contribution is 0.635. The molecule has 120 valence electrons. The van der Waals surface area contributed by atoms with Crippen LogP contribution in [0.25, 0.3) is 11.0 Å². The van der Waals surface area contributed by atoms with E-state index >= 15 is 0 Å². The number of guanidine groups is 1.